The lowest BCUT2D eigenvalue weighted by molar-refractivity contribution is -0.144. The van der Waals surface area contributed by atoms with Crippen molar-refractivity contribution in [2.45, 2.75) is 26.8 Å². The Morgan fingerprint density at radius 1 is 1.55 bits per heavy atom. The highest BCUT2D eigenvalue weighted by atomic mass is 19.1. The molecule has 106 valence electrons. The molecular weight excluding hydrogens is 261 g/mol. The fourth-order valence-electron chi connectivity index (χ4n) is 1.74. The number of halogens is 1. The number of rotatable bonds is 5. The molecule has 5 nitrogen and oxygen atoms in total. The average Bonchev–Trinajstić information content (AvgIpc) is 2.36. The molecule has 20 heavy (non-hydrogen) atoms. The van der Waals surface area contributed by atoms with E-state index >= 15 is 0 Å². The summed E-state index contributed by atoms with van der Waals surface area (Å²) in [7, 11) is 0. The molecule has 1 rings (SSSR count). The van der Waals surface area contributed by atoms with Gasteiger partial charge in [-0.05, 0) is 49.6 Å². The minimum Gasteiger partial charge on any atom is -0.465 e. The molecule has 0 aromatic heterocycles. The van der Waals surface area contributed by atoms with Crippen molar-refractivity contribution in [2.24, 2.45) is 5.11 Å². The molecule has 0 aliphatic carbocycles. The zero-order valence-electron chi connectivity index (χ0n) is 11.6. The maximum atomic E-state index is 13.3. The van der Waals surface area contributed by atoms with Crippen molar-refractivity contribution in [1.82, 2.24) is 0 Å². The standard InChI is InChI=1S/C14H16FN3O2/c1-4-20-14(19)13(17-18-16)12-6-5-11(15)8-10(12)7-9(2)3/h5-8,13H,4H2,1-3H3. The van der Waals surface area contributed by atoms with Gasteiger partial charge in [0.05, 0.1) is 6.61 Å². The molecular formula is C14H16FN3O2. The van der Waals surface area contributed by atoms with Gasteiger partial charge in [-0.3, -0.25) is 4.79 Å². The van der Waals surface area contributed by atoms with E-state index in [4.69, 9.17) is 10.3 Å². The second-order valence-electron chi connectivity index (χ2n) is 4.35. The van der Waals surface area contributed by atoms with Crippen molar-refractivity contribution in [1.29, 1.82) is 0 Å². The molecule has 0 saturated heterocycles. The Morgan fingerprint density at radius 3 is 2.80 bits per heavy atom. The average molecular weight is 277 g/mol. The van der Waals surface area contributed by atoms with Crippen LogP contribution < -0.4 is 0 Å². The summed E-state index contributed by atoms with van der Waals surface area (Å²) in [6, 6.07) is 2.82. The van der Waals surface area contributed by atoms with E-state index in [1.807, 2.05) is 13.8 Å². The summed E-state index contributed by atoms with van der Waals surface area (Å²) < 4.78 is 18.2. The third kappa shape index (κ3) is 4.10. The molecule has 0 aliphatic rings. The molecule has 0 radical (unpaired) electrons. The van der Waals surface area contributed by atoms with Crippen LogP contribution in [0, 0.1) is 5.82 Å². The number of carbonyl (C=O) groups excluding carboxylic acids is 1. The Bertz CT molecular complexity index is 574. The van der Waals surface area contributed by atoms with Crippen molar-refractivity contribution in [3.8, 4) is 0 Å². The molecule has 0 saturated carbocycles. The monoisotopic (exact) mass is 277 g/mol. The molecule has 0 fully saturated rings. The molecule has 1 aromatic rings. The van der Waals surface area contributed by atoms with Gasteiger partial charge in [0.25, 0.3) is 0 Å². The Morgan fingerprint density at radius 2 is 2.25 bits per heavy atom. The molecule has 0 amide bonds. The number of hydrogen-bond donors (Lipinski definition) is 0. The Labute approximate surface area is 116 Å². The Kier molecular flexibility index (Phi) is 5.74. The van der Waals surface area contributed by atoms with Crippen LogP contribution in [-0.2, 0) is 9.53 Å². The van der Waals surface area contributed by atoms with Gasteiger partial charge in [-0.1, -0.05) is 22.8 Å². The van der Waals surface area contributed by atoms with Crippen LogP contribution in [0.15, 0.2) is 28.9 Å². The van der Waals surface area contributed by atoms with E-state index in [2.05, 4.69) is 10.0 Å². The first-order valence-electron chi connectivity index (χ1n) is 6.14. The smallest absolute Gasteiger partial charge is 0.319 e. The van der Waals surface area contributed by atoms with Gasteiger partial charge in [0.15, 0.2) is 6.04 Å². The van der Waals surface area contributed by atoms with E-state index in [1.54, 1.807) is 13.0 Å². The summed E-state index contributed by atoms with van der Waals surface area (Å²) in [5.41, 5.74) is 10.5. The SMILES string of the molecule is CCOC(=O)C(N=[N+]=[N-])c1ccc(F)cc1C=C(C)C. The van der Waals surface area contributed by atoms with Gasteiger partial charge in [0.1, 0.15) is 5.82 Å². The van der Waals surface area contributed by atoms with Gasteiger partial charge in [-0.15, -0.1) is 0 Å². The van der Waals surface area contributed by atoms with Crippen molar-refractivity contribution >= 4 is 12.0 Å². The minimum absolute atomic E-state index is 0.176. The predicted octanol–water partition coefficient (Wildman–Crippen LogP) is 4.16. The zero-order valence-corrected chi connectivity index (χ0v) is 11.6. The lowest BCUT2D eigenvalue weighted by Gasteiger charge is -2.13. The van der Waals surface area contributed by atoms with E-state index in [-0.39, 0.29) is 6.61 Å². The highest BCUT2D eigenvalue weighted by molar-refractivity contribution is 5.79. The van der Waals surface area contributed by atoms with E-state index in [0.29, 0.717) is 11.1 Å². The third-order valence-corrected chi connectivity index (χ3v) is 2.46. The molecule has 1 atom stereocenters. The van der Waals surface area contributed by atoms with Crippen LogP contribution in [0.1, 0.15) is 37.9 Å². The highest BCUT2D eigenvalue weighted by Gasteiger charge is 2.23. The van der Waals surface area contributed by atoms with Crippen LogP contribution in [0.3, 0.4) is 0 Å². The number of ether oxygens (including phenoxy) is 1. The second-order valence-corrected chi connectivity index (χ2v) is 4.35. The van der Waals surface area contributed by atoms with Crippen molar-refractivity contribution in [3.63, 3.8) is 0 Å². The lowest BCUT2D eigenvalue weighted by atomic mass is 9.99. The summed E-state index contributed by atoms with van der Waals surface area (Å²) in [5.74, 6) is -1.08. The summed E-state index contributed by atoms with van der Waals surface area (Å²) in [4.78, 5) is 14.5. The summed E-state index contributed by atoms with van der Waals surface area (Å²) in [6.45, 7) is 5.53. The molecule has 1 aromatic carbocycles. The molecule has 1 unspecified atom stereocenters. The van der Waals surface area contributed by atoms with Crippen LogP contribution in [0.5, 0.6) is 0 Å². The first-order valence-corrected chi connectivity index (χ1v) is 6.14. The van der Waals surface area contributed by atoms with Crippen LogP contribution >= 0.6 is 0 Å². The fraction of sp³-hybridized carbons (Fsp3) is 0.357. The van der Waals surface area contributed by atoms with Crippen LogP contribution in [0.4, 0.5) is 4.39 Å². The number of azide groups is 1. The number of carbonyl (C=O) groups is 1. The number of benzene rings is 1. The number of hydrogen-bond acceptors (Lipinski definition) is 3. The molecule has 0 spiro atoms. The van der Waals surface area contributed by atoms with Crippen molar-refractivity contribution < 1.29 is 13.9 Å². The maximum absolute atomic E-state index is 13.3. The molecule has 6 heteroatoms. The predicted molar refractivity (Wildman–Crippen MR) is 74.2 cm³/mol. The molecule has 0 heterocycles. The van der Waals surface area contributed by atoms with Gasteiger partial charge < -0.3 is 4.74 Å². The van der Waals surface area contributed by atoms with Gasteiger partial charge in [0, 0.05) is 4.91 Å². The quantitative estimate of drug-likeness (QED) is 0.350. The third-order valence-electron chi connectivity index (χ3n) is 2.46. The van der Waals surface area contributed by atoms with Crippen LogP contribution in [-0.4, -0.2) is 12.6 Å². The Hall–Kier alpha value is -2.33. The van der Waals surface area contributed by atoms with Crippen LogP contribution in [0.25, 0.3) is 16.5 Å². The van der Waals surface area contributed by atoms with Crippen molar-refractivity contribution in [3.05, 3.63) is 51.2 Å². The molecule has 0 N–H and O–H groups in total. The minimum atomic E-state index is -1.12. The fourth-order valence-corrected chi connectivity index (χ4v) is 1.74. The highest BCUT2D eigenvalue weighted by Crippen LogP contribution is 2.26. The zero-order chi connectivity index (χ0) is 15.1. The van der Waals surface area contributed by atoms with E-state index in [9.17, 15) is 9.18 Å². The Balaban J connectivity index is 3.36. The van der Waals surface area contributed by atoms with Gasteiger partial charge >= 0.3 is 5.97 Å². The van der Waals surface area contributed by atoms with Crippen molar-refractivity contribution in [2.75, 3.05) is 6.61 Å². The molecule has 0 aliphatic heterocycles. The summed E-state index contributed by atoms with van der Waals surface area (Å²) in [6.07, 6.45) is 1.72. The van der Waals surface area contributed by atoms with Gasteiger partial charge in [0.2, 0.25) is 0 Å². The van der Waals surface area contributed by atoms with Gasteiger partial charge in [-0.25, -0.2) is 4.39 Å². The van der Waals surface area contributed by atoms with Gasteiger partial charge in [-0.2, -0.15) is 0 Å². The van der Waals surface area contributed by atoms with E-state index in [1.165, 1.54) is 18.2 Å². The number of nitrogens with zero attached hydrogens (tertiary/aromatic N) is 3. The van der Waals surface area contributed by atoms with Crippen LogP contribution in [0.2, 0.25) is 0 Å². The first-order chi connectivity index (χ1) is 9.49. The maximum Gasteiger partial charge on any atom is 0.319 e. The lowest BCUT2D eigenvalue weighted by Crippen LogP contribution is -2.15. The normalized spacial score (nSPS) is 11.2. The molecule has 0 bridgehead atoms. The second kappa shape index (κ2) is 7.31. The summed E-state index contributed by atoms with van der Waals surface area (Å²) in [5, 5.41) is 3.46. The van der Waals surface area contributed by atoms with E-state index in [0.717, 1.165) is 5.57 Å². The number of allylic oxidation sites excluding steroid dienone is 1. The summed E-state index contributed by atoms with van der Waals surface area (Å²) >= 11 is 0. The first kappa shape index (κ1) is 15.7. The topological polar surface area (TPSA) is 75.1 Å². The van der Waals surface area contributed by atoms with E-state index < -0.39 is 17.8 Å². The largest absolute Gasteiger partial charge is 0.465 e. The number of esters is 1.